The van der Waals surface area contributed by atoms with Crippen LogP contribution in [0.3, 0.4) is 0 Å². The fraction of sp³-hybridized carbons (Fsp3) is 0.933. The second-order valence-corrected chi connectivity index (χ2v) is 8.76. The molecule has 1 aliphatic rings. The quantitative estimate of drug-likeness (QED) is 0.751. The molecular formula is C15H31N3O3S. The van der Waals surface area contributed by atoms with Crippen LogP contribution in [0.25, 0.3) is 0 Å². The van der Waals surface area contributed by atoms with E-state index in [0.29, 0.717) is 25.9 Å². The Bertz CT molecular complexity index is 455. The number of piperidine rings is 1. The second kappa shape index (κ2) is 8.26. The van der Waals surface area contributed by atoms with Gasteiger partial charge in [0.25, 0.3) is 0 Å². The van der Waals surface area contributed by atoms with Crippen molar-refractivity contribution in [3.63, 3.8) is 0 Å². The maximum Gasteiger partial charge on any atom is 0.237 e. The van der Waals surface area contributed by atoms with Crippen molar-refractivity contribution < 1.29 is 13.2 Å². The van der Waals surface area contributed by atoms with Crippen LogP contribution in [0.15, 0.2) is 0 Å². The first-order valence-electron chi connectivity index (χ1n) is 8.12. The number of hydrogen-bond acceptors (Lipinski definition) is 4. The third kappa shape index (κ3) is 5.52. The molecule has 0 aromatic rings. The summed E-state index contributed by atoms with van der Waals surface area (Å²) in [4.78, 5) is 14.1. The van der Waals surface area contributed by atoms with Crippen molar-refractivity contribution >= 4 is 15.9 Å². The highest BCUT2D eigenvalue weighted by atomic mass is 32.2. The maximum atomic E-state index is 12.2. The van der Waals surface area contributed by atoms with Crippen molar-refractivity contribution in [1.82, 2.24) is 14.5 Å². The molecule has 1 amide bonds. The van der Waals surface area contributed by atoms with Gasteiger partial charge in [0.05, 0.1) is 11.8 Å². The third-order valence-electron chi connectivity index (χ3n) is 4.05. The summed E-state index contributed by atoms with van der Waals surface area (Å²) in [5.74, 6) is 0.367. The molecule has 0 spiro atoms. The number of carbonyl (C=O) groups is 1. The smallest absolute Gasteiger partial charge is 0.237 e. The molecule has 1 fully saturated rings. The minimum atomic E-state index is -3.16. The summed E-state index contributed by atoms with van der Waals surface area (Å²) in [5, 5.41) is 3.06. The Morgan fingerprint density at radius 1 is 1.27 bits per heavy atom. The largest absolute Gasteiger partial charge is 0.352 e. The molecule has 1 rings (SSSR count). The van der Waals surface area contributed by atoms with E-state index >= 15 is 0 Å². The molecule has 0 saturated carbocycles. The molecule has 0 aromatic carbocycles. The number of nitrogens with one attached hydrogen (secondary N) is 1. The van der Waals surface area contributed by atoms with Crippen LogP contribution in [-0.2, 0) is 14.8 Å². The molecule has 0 aliphatic carbocycles. The van der Waals surface area contributed by atoms with Crippen LogP contribution in [0.2, 0.25) is 0 Å². The number of carbonyl (C=O) groups excluding carboxylic acids is 1. The van der Waals surface area contributed by atoms with Gasteiger partial charge in [-0.3, -0.25) is 9.69 Å². The summed E-state index contributed by atoms with van der Waals surface area (Å²) in [6.45, 7) is 6.82. The molecule has 7 heteroatoms. The lowest BCUT2D eigenvalue weighted by Gasteiger charge is -2.33. The van der Waals surface area contributed by atoms with E-state index in [1.807, 2.05) is 39.8 Å². The molecule has 1 heterocycles. The van der Waals surface area contributed by atoms with Gasteiger partial charge in [-0.1, -0.05) is 20.8 Å². The lowest BCUT2D eigenvalue weighted by Crippen LogP contribution is -2.51. The SMILES string of the molecule is CCC(C(=O)NC1CCN(S(=O)(=O)CC(C)C)CC1)N(C)C. The Morgan fingerprint density at radius 2 is 1.82 bits per heavy atom. The normalized spacial score (nSPS) is 19.6. The maximum absolute atomic E-state index is 12.2. The van der Waals surface area contributed by atoms with Gasteiger partial charge in [-0.25, -0.2) is 12.7 Å². The lowest BCUT2D eigenvalue weighted by molar-refractivity contribution is -0.126. The zero-order valence-corrected chi connectivity index (χ0v) is 15.3. The fourth-order valence-electron chi connectivity index (χ4n) is 2.89. The van der Waals surface area contributed by atoms with E-state index in [1.54, 1.807) is 4.31 Å². The summed E-state index contributed by atoms with van der Waals surface area (Å²) in [6, 6.07) is -0.0466. The van der Waals surface area contributed by atoms with Gasteiger partial charge in [0, 0.05) is 19.1 Å². The number of nitrogens with zero attached hydrogens (tertiary/aromatic N) is 2. The van der Waals surface area contributed by atoms with Gasteiger partial charge < -0.3 is 5.32 Å². The standard InChI is InChI=1S/C15H31N3O3S/c1-6-14(17(4)5)15(19)16-13-7-9-18(10-8-13)22(20,21)11-12(2)3/h12-14H,6-11H2,1-5H3,(H,16,19). The average Bonchev–Trinajstić information content (AvgIpc) is 2.38. The lowest BCUT2D eigenvalue weighted by atomic mass is 10.1. The average molecular weight is 333 g/mol. The summed E-state index contributed by atoms with van der Waals surface area (Å²) in [6.07, 6.45) is 2.14. The van der Waals surface area contributed by atoms with Crippen molar-refractivity contribution in [2.24, 2.45) is 5.92 Å². The van der Waals surface area contributed by atoms with E-state index in [0.717, 1.165) is 6.42 Å². The Hall–Kier alpha value is -0.660. The molecule has 0 aromatic heterocycles. The van der Waals surface area contributed by atoms with Gasteiger partial charge in [-0.2, -0.15) is 0 Å². The summed E-state index contributed by atoms with van der Waals surface area (Å²) in [5.41, 5.74) is 0. The van der Waals surface area contributed by atoms with Crippen LogP contribution in [-0.4, -0.2) is 68.6 Å². The topological polar surface area (TPSA) is 69.7 Å². The molecule has 0 radical (unpaired) electrons. The predicted octanol–water partition coefficient (Wildman–Crippen LogP) is 0.893. The minimum Gasteiger partial charge on any atom is -0.352 e. The molecule has 1 unspecified atom stereocenters. The Labute approximate surface area is 135 Å². The second-order valence-electron chi connectivity index (χ2n) is 6.74. The summed E-state index contributed by atoms with van der Waals surface area (Å²) >= 11 is 0. The van der Waals surface area contributed by atoms with Crippen LogP contribution in [0, 0.1) is 5.92 Å². The van der Waals surface area contributed by atoms with Crippen molar-refractivity contribution in [3.8, 4) is 0 Å². The molecular weight excluding hydrogens is 302 g/mol. The Kier molecular flexibility index (Phi) is 7.28. The minimum absolute atomic E-state index is 0.0380. The van der Waals surface area contributed by atoms with Crippen molar-refractivity contribution in [2.75, 3.05) is 32.9 Å². The first-order valence-corrected chi connectivity index (χ1v) is 9.73. The van der Waals surface area contributed by atoms with Crippen LogP contribution in [0.5, 0.6) is 0 Å². The molecule has 1 atom stereocenters. The highest BCUT2D eigenvalue weighted by Gasteiger charge is 2.30. The highest BCUT2D eigenvalue weighted by molar-refractivity contribution is 7.89. The van der Waals surface area contributed by atoms with Gasteiger partial charge in [0.2, 0.25) is 15.9 Å². The molecule has 130 valence electrons. The van der Waals surface area contributed by atoms with E-state index in [-0.39, 0.29) is 29.7 Å². The number of rotatable bonds is 7. The Morgan fingerprint density at radius 3 is 2.23 bits per heavy atom. The number of hydrogen-bond donors (Lipinski definition) is 1. The first-order chi connectivity index (χ1) is 10.2. The Balaban J connectivity index is 2.51. The summed E-state index contributed by atoms with van der Waals surface area (Å²) in [7, 11) is 0.639. The van der Waals surface area contributed by atoms with Crippen LogP contribution in [0.1, 0.15) is 40.0 Å². The first kappa shape index (κ1) is 19.4. The molecule has 6 nitrogen and oxygen atoms in total. The van der Waals surface area contributed by atoms with Crippen molar-refractivity contribution in [1.29, 1.82) is 0 Å². The van der Waals surface area contributed by atoms with Gasteiger partial charge in [-0.15, -0.1) is 0 Å². The van der Waals surface area contributed by atoms with E-state index in [1.165, 1.54) is 0 Å². The summed E-state index contributed by atoms with van der Waals surface area (Å²) < 4.78 is 26.0. The van der Waals surface area contributed by atoms with Crippen LogP contribution >= 0.6 is 0 Å². The van der Waals surface area contributed by atoms with Crippen molar-refractivity contribution in [2.45, 2.75) is 52.1 Å². The molecule has 1 aliphatic heterocycles. The van der Waals surface area contributed by atoms with E-state index in [9.17, 15) is 13.2 Å². The third-order valence-corrected chi connectivity index (χ3v) is 6.29. The number of amides is 1. The van der Waals surface area contributed by atoms with Gasteiger partial charge in [0.15, 0.2) is 0 Å². The van der Waals surface area contributed by atoms with E-state index in [4.69, 9.17) is 0 Å². The van der Waals surface area contributed by atoms with Gasteiger partial charge in [-0.05, 0) is 39.3 Å². The number of sulfonamides is 1. The zero-order chi connectivity index (χ0) is 16.9. The number of likely N-dealkylation sites (N-methyl/N-ethyl adjacent to an activating group) is 1. The van der Waals surface area contributed by atoms with Gasteiger partial charge >= 0.3 is 0 Å². The van der Waals surface area contributed by atoms with Crippen LogP contribution < -0.4 is 5.32 Å². The predicted molar refractivity (Wildman–Crippen MR) is 89.1 cm³/mol. The monoisotopic (exact) mass is 333 g/mol. The molecule has 1 N–H and O–H groups in total. The van der Waals surface area contributed by atoms with Crippen LogP contribution in [0.4, 0.5) is 0 Å². The zero-order valence-electron chi connectivity index (χ0n) is 14.5. The van der Waals surface area contributed by atoms with Gasteiger partial charge in [0.1, 0.15) is 0 Å². The fourth-order valence-corrected chi connectivity index (χ4v) is 4.71. The highest BCUT2D eigenvalue weighted by Crippen LogP contribution is 2.16. The van der Waals surface area contributed by atoms with E-state index in [2.05, 4.69) is 5.32 Å². The van der Waals surface area contributed by atoms with Crippen molar-refractivity contribution in [3.05, 3.63) is 0 Å². The van der Waals surface area contributed by atoms with E-state index < -0.39 is 10.0 Å². The molecule has 0 bridgehead atoms. The molecule has 1 saturated heterocycles. The molecule has 22 heavy (non-hydrogen) atoms.